The van der Waals surface area contributed by atoms with Crippen LogP contribution in [0.3, 0.4) is 0 Å². The van der Waals surface area contributed by atoms with Crippen molar-refractivity contribution in [2.24, 2.45) is 0 Å². The van der Waals surface area contributed by atoms with Crippen molar-refractivity contribution in [3.63, 3.8) is 0 Å². The van der Waals surface area contributed by atoms with Gasteiger partial charge in [0.25, 0.3) is 5.91 Å². The van der Waals surface area contributed by atoms with Crippen molar-refractivity contribution < 1.29 is 14.7 Å². The summed E-state index contributed by atoms with van der Waals surface area (Å²) in [6.45, 7) is 0.374. The summed E-state index contributed by atoms with van der Waals surface area (Å²) in [5, 5.41) is 11.3. The van der Waals surface area contributed by atoms with Crippen molar-refractivity contribution in [3.05, 3.63) is 52.2 Å². The lowest BCUT2D eigenvalue weighted by Gasteiger charge is -2.02. The number of nitrogens with zero attached hydrogens (tertiary/aromatic N) is 2. The number of carbonyl (C=O) groups excluding carboxylic acids is 1. The van der Waals surface area contributed by atoms with Crippen LogP contribution in [0.5, 0.6) is 0 Å². The Balaban J connectivity index is 1.92. The SMILES string of the molecule is O=C(O)/C=C/c1ccc(CNC(=O)c2cncnc2)s1. The van der Waals surface area contributed by atoms with Gasteiger partial charge in [-0.05, 0) is 18.2 Å². The third kappa shape index (κ3) is 3.99. The van der Waals surface area contributed by atoms with Crippen LogP contribution in [0, 0.1) is 0 Å². The summed E-state index contributed by atoms with van der Waals surface area (Å²) in [5.41, 5.74) is 0.398. The molecule has 2 aromatic heterocycles. The molecule has 0 saturated carbocycles. The fourth-order valence-electron chi connectivity index (χ4n) is 1.42. The third-order valence-corrected chi connectivity index (χ3v) is 3.37. The third-order valence-electron chi connectivity index (χ3n) is 2.32. The first-order chi connectivity index (χ1) is 9.65. The molecule has 0 radical (unpaired) electrons. The number of hydrogen-bond donors (Lipinski definition) is 2. The van der Waals surface area contributed by atoms with Crippen LogP contribution in [-0.4, -0.2) is 27.0 Å². The molecule has 0 aliphatic carbocycles. The smallest absolute Gasteiger partial charge is 0.328 e. The van der Waals surface area contributed by atoms with Gasteiger partial charge in [0.05, 0.1) is 12.1 Å². The van der Waals surface area contributed by atoms with Crippen LogP contribution in [0.2, 0.25) is 0 Å². The first kappa shape index (κ1) is 13.9. The Morgan fingerprint density at radius 1 is 1.30 bits per heavy atom. The molecule has 0 spiro atoms. The minimum Gasteiger partial charge on any atom is -0.478 e. The van der Waals surface area contributed by atoms with Crippen molar-refractivity contribution in [1.82, 2.24) is 15.3 Å². The maximum Gasteiger partial charge on any atom is 0.328 e. The first-order valence-electron chi connectivity index (χ1n) is 5.68. The fourth-order valence-corrected chi connectivity index (χ4v) is 2.27. The summed E-state index contributed by atoms with van der Waals surface area (Å²) in [4.78, 5) is 31.5. The first-order valence-corrected chi connectivity index (χ1v) is 6.50. The molecule has 0 aliphatic heterocycles. The van der Waals surface area contributed by atoms with Crippen LogP contribution in [0.25, 0.3) is 6.08 Å². The second-order valence-corrected chi connectivity index (χ2v) is 4.99. The van der Waals surface area contributed by atoms with E-state index in [1.54, 1.807) is 6.07 Å². The average Bonchev–Trinajstić information content (AvgIpc) is 2.91. The van der Waals surface area contributed by atoms with Crippen LogP contribution >= 0.6 is 11.3 Å². The quantitative estimate of drug-likeness (QED) is 0.815. The Bertz CT molecular complexity index is 637. The van der Waals surface area contributed by atoms with Gasteiger partial charge in [0.2, 0.25) is 0 Å². The highest BCUT2D eigenvalue weighted by Crippen LogP contribution is 2.17. The van der Waals surface area contributed by atoms with E-state index in [9.17, 15) is 9.59 Å². The summed E-state index contributed by atoms with van der Waals surface area (Å²) >= 11 is 1.42. The van der Waals surface area contributed by atoms with Gasteiger partial charge in [-0.1, -0.05) is 0 Å². The van der Waals surface area contributed by atoms with E-state index in [0.717, 1.165) is 15.8 Å². The van der Waals surface area contributed by atoms with Gasteiger partial charge in [0.1, 0.15) is 6.33 Å². The summed E-state index contributed by atoms with van der Waals surface area (Å²) in [6.07, 6.45) is 6.84. The zero-order valence-electron chi connectivity index (χ0n) is 10.3. The topological polar surface area (TPSA) is 92.2 Å². The van der Waals surface area contributed by atoms with Crippen molar-refractivity contribution >= 4 is 29.3 Å². The normalized spacial score (nSPS) is 10.6. The van der Waals surface area contributed by atoms with Crippen LogP contribution in [0.15, 0.2) is 36.9 Å². The number of carbonyl (C=O) groups is 2. The van der Waals surface area contributed by atoms with Gasteiger partial charge < -0.3 is 10.4 Å². The Morgan fingerprint density at radius 2 is 2.05 bits per heavy atom. The number of nitrogens with one attached hydrogen (secondary N) is 1. The lowest BCUT2D eigenvalue weighted by Crippen LogP contribution is -2.22. The zero-order valence-corrected chi connectivity index (χ0v) is 11.1. The van der Waals surface area contributed by atoms with E-state index in [0.29, 0.717) is 12.1 Å². The number of thiophene rings is 1. The number of carboxylic acids is 1. The van der Waals surface area contributed by atoms with E-state index >= 15 is 0 Å². The molecule has 0 unspecified atom stereocenters. The number of rotatable bonds is 5. The van der Waals surface area contributed by atoms with Gasteiger partial charge in [0, 0.05) is 28.2 Å². The number of carboxylic acid groups (broad SMARTS) is 1. The molecule has 7 heteroatoms. The molecule has 0 aliphatic rings. The van der Waals surface area contributed by atoms with Gasteiger partial charge in [-0.25, -0.2) is 14.8 Å². The molecule has 2 aromatic rings. The highest BCUT2D eigenvalue weighted by atomic mass is 32.1. The van der Waals surface area contributed by atoms with E-state index in [1.807, 2.05) is 6.07 Å². The molecule has 0 bridgehead atoms. The van der Waals surface area contributed by atoms with E-state index in [4.69, 9.17) is 5.11 Å². The molecule has 102 valence electrons. The van der Waals surface area contributed by atoms with Crippen molar-refractivity contribution in [1.29, 1.82) is 0 Å². The average molecular weight is 289 g/mol. The second kappa shape index (κ2) is 6.58. The summed E-state index contributed by atoms with van der Waals surface area (Å²) < 4.78 is 0. The van der Waals surface area contributed by atoms with Crippen LogP contribution in [0.4, 0.5) is 0 Å². The molecule has 1 amide bonds. The minimum absolute atomic E-state index is 0.248. The van der Waals surface area contributed by atoms with Gasteiger partial charge in [-0.3, -0.25) is 4.79 Å². The van der Waals surface area contributed by atoms with Gasteiger partial charge in [0.15, 0.2) is 0 Å². The number of amides is 1. The largest absolute Gasteiger partial charge is 0.478 e. The van der Waals surface area contributed by atoms with Crippen LogP contribution < -0.4 is 5.32 Å². The standard InChI is InChI=1S/C13H11N3O3S/c17-12(18)4-3-10-1-2-11(20-10)7-16-13(19)9-5-14-8-15-6-9/h1-6,8H,7H2,(H,16,19)(H,17,18)/b4-3+. The molecule has 6 nitrogen and oxygen atoms in total. The van der Waals surface area contributed by atoms with E-state index in [1.165, 1.54) is 36.1 Å². The molecule has 0 atom stereocenters. The molecule has 0 fully saturated rings. The maximum atomic E-state index is 11.8. The molecule has 2 N–H and O–H groups in total. The molecule has 0 saturated heterocycles. The van der Waals surface area contributed by atoms with Gasteiger partial charge in [-0.2, -0.15) is 0 Å². The number of aliphatic carboxylic acids is 1. The number of aromatic nitrogens is 2. The van der Waals surface area contributed by atoms with Crippen LogP contribution in [0.1, 0.15) is 20.1 Å². The summed E-state index contributed by atoms with van der Waals surface area (Å²) in [6, 6.07) is 3.64. The second-order valence-electron chi connectivity index (χ2n) is 3.79. The minimum atomic E-state index is -0.989. The Hall–Kier alpha value is -2.54. The Morgan fingerprint density at radius 3 is 2.75 bits per heavy atom. The maximum absolute atomic E-state index is 11.8. The van der Waals surface area contributed by atoms with E-state index < -0.39 is 5.97 Å². The number of hydrogen-bond acceptors (Lipinski definition) is 5. The predicted molar refractivity (Wildman–Crippen MR) is 74.2 cm³/mol. The predicted octanol–water partition coefficient (Wildman–Crippen LogP) is 1.57. The van der Waals surface area contributed by atoms with E-state index in [-0.39, 0.29) is 5.91 Å². The highest BCUT2D eigenvalue weighted by molar-refractivity contribution is 7.12. The molecule has 0 aromatic carbocycles. The molecular formula is C13H11N3O3S. The lowest BCUT2D eigenvalue weighted by molar-refractivity contribution is -0.131. The van der Waals surface area contributed by atoms with Crippen molar-refractivity contribution in [3.8, 4) is 0 Å². The van der Waals surface area contributed by atoms with Gasteiger partial charge in [-0.15, -0.1) is 11.3 Å². The molecule has 20 heavy (non-hydrogen) atoms. The lowest BCUT2D eigenvalue weighted by atomic mass is 10.3. The summed E-state index contributed by atoms with van der Waals surface area (Å²) in [5.74, 6) is -1.24. The fraction of sp³-hybridized carbons (Fsp3) is 0.0769. The zero-order chi connectivity index (χ0) is 14.4. The monoisotopic (exact) mass is 289 g/mol. The molecule has 2 rings (SSSR count). The van der Waals surface area contributed by atoms with Crippen molar-refractivity contribution in [2.45, 2.75) is 6.54 Å². The Labute approximate surface area is 118 Å². The highest BCUT2D eigenvalue weighted by Gasteiger charge is 2.06. The Kier molecular flexibility index (Phi) is 4.56. The molecule has 2 heterocycles. The van der Waals surface area contributed by atoms with E-state index in [2.05, 4.69) is 15.3 Å². The van der Waals surface area contributed by atoms with Crippen molar-refractivity contribution in [2.75, 3.05) is 0 Å². The summed E-state index contributed by atoms with van der Waals surface area (Å²) in [7, 11) is 0. The molecular weight excluding hydrogens is 278 g/mol. The van der Waals surface area contributed by atoms with Gasteiger partial charge >= 0.3 is 5.97 Å². The van der Waals surface area contributed by atoms with Crippen LogP contribution in [-0.2, 0) is 11.3 Å².